The van der Waals surface area contributed by atoms with E-state index in [1.807, 2.05) is 43.3 Å². The van der Waals surface area contributed by atoms with Gasteiger partial charge in [0.2, 0.25) is 5.91 Å². The van der Waals surface area contributed by atoms with Gasteiger partial charge in [-0.15, -0.1) is 0 Å². The number of benzene rings is 2. The van der Waals surface area contributed by atoms with Gasteiger partial charge in [-0.2, -0.15) is 0 Å². The number of rotatable bonds is 5. The molecule has 1 heterocycles. The molecule has 132 valence electrons. The highest BCUT2D eigenvalue weighted by Crippen LogP contribution is 2.36. The lowest BCUT2D eigenvalue weighted by atomic mass is 9.97. The molecule has 0 aliphatic carbocycles. The van der Waals surface area contributed by atoms with E-state index in [1.54, 1.807) is 18.1 Å². The molecule has 25 heavy (non-hydrogen) atoms. The second kappa shape index (κ2) is 7.57. The summed E-state index contributed by atoms with van der Waals surface area (Å²) >= 11 is 0. The number of nitrogens with zero attached hydrogens (tertiary/aromatic N) is 1. The van der Waals surface area contributed by atoms with Gasteiger partial charge in [0.15, 0.2) is 0 Å². The lowest BCUT2D eigenvalue weighted by Crippen LogP contribution is -2.37. The molecule has 1 aliphatic rings. The third-order valence-corrected chi connectivity index (χ3v) is 4.40. The highest BCUT2D eigenvalue weighted by Gasteiger charge is 2.28. The number of aliphatic hydroxyl groups excluding tert-OH is 1. The van der Waals surface area contributed by atoms with E-state index in [2.05, 4.69) is 0 Å². The number of methoxy groups -OCH3 is 1. The van der Waals surface area contributed by atoms with Crippen molar-refractivity contribution in [2.24, 2.45) is 0 Å². The molecule has 3 rings (SSSR count). The summed E-state index contributed by atoms with van der Waals surface area (Å²) in [7, 11) is 1.59. The van der Waals surface area contributed by atoms with Crippen LogP contribution in [0.3, 0.4) is 0 Å². The molecular weight excluding hydrogens is 318 g/mol. The van der Waals surface area contributed by atoms with E-state index in [-0.39, 0.29) is 5.91 Å². The summed E-state index contributed by atoms with van der Waals surface area (Å²) in [4.78, 5) is 14.5. The lowest BCUT2D eigenvalue weighted by Gasteiger charge is -2.32. The maximum atomic E-state index is 12.8. The summed E-state index contributed by atoms with van der Waals surface area (Å²) < 4.78 is 10.7. The van der Waals surface area contributed by atoms with Gasteiger partial charge in [-0.05, 0) is 49.2 Å². The van der Waals surface area contributed by atoms with Gasteiger partial charge in [-0.3, -0.25) is 4.79 Å². The molecule has 0 saturated heterocycles. The van der Waals surface area contributed by atoms with E-state index < -0.39 is 6.10 Å². The van der Waals surface area contributed by atoms with Gasteiger partial charge in [-0.1, -0.05) is 12.1 Å². The van der Waals surface area contributed by atoms with Crippen LogP contribution in [0.2, 0.25) is 0 Å². The van der Waals surface area contributed by atoms with Crippen LogP contribution in [0.15, 0.2) is 42.5 Å². The van der Waals surface area contributed by atoms with Crippen molar-refractivity contribution in [3.8, 4) is 11.5 Å². The van der Waals surface area contributed by atoms with Crippen molar-refractivity contribution in [2.75, 3.05) is 25.2 Å². The Bertz CT molecular complexity index is 742. The zero-order chi connectivity index (χ0) is 17.8. The van der Waals surface area contributed by atoms with Gasteiger partial charge in [0.05, 0.1) is 26.2 Å². The summed E-state index contributed by atoms with van der Waals surface area (Å²) in [6, 6.07) is 13.0. The SMILES string of the molecule is CCOc1ccc(CC(=O)N2CCC(O)c3cc(OC)ccc32)cc1. The van der Waals surface area contributed by atoms with Crippen molar-refractivity contribution in [3.63, 3.8) is 0 Å². The average Bonchev–Trinajstić information content (AvgIpc) is 2.63. The summed E-state index contributed by atoms with van der Waals surface area (Å²) in [5, 5.41) is 10.2. The number of fused-ring (bicyclic) bond motifs is 1. The fraction of sp³-hybridized carbons (Fsp3) is 0.350. The third kappa shape index (κ3) is 3.77. The Morgan fingerprint density at radius 1 is 1.20 bits per heavy atom. The predicted octanol–water partition coefficient (Wildman–Crippen LogP) is 3.11. The van der Waals surface area contributed by atoms with E-state index in [0.717, 1.165) is 22.6 Å². The first-order chi connectivity index (χ1) is 12.1. The van der Waals surface area contributed by atoms with Crippen molar-refractivity contribution >= 4 is 11.6 Å². The Morgan fingerprint density at radius 3 is 2.60 bits per heavy atom. The van der Waals surface area contributed by atoms with Gasteiger partial charge in [0, 0.05) is 17.8 Å². The zero-order valence-electron chi connectivity index (χ0n) is 14.6. The predicted molar refractivity (Wildman–Crippen MR) is 96.2 cm³/mol. The molecule has 1 amide bonds. The van der Waals surface area contributed by atoms with Crippen LogP contribution in [-0.4, -0.2) is 31.3 Å². The van der Waals surface area contributed by atoms with Crippen molar-refractivity contribution in [2.45, 2.75) is 25.9 Å². The van der Waals surface area contributed by atoms with Crippen LogP contribution in [0, 0.1) is 0 Å². The van der Waals surface area contributed by atoms with Crippen LogP contribution in [-0.2, 0) is 11.2 Å². The molecule has 0 radical (unpaired) electrons. The van der Waals surface area contributed by atoms with Crippen LogP contribution < -0.4 is 14.4 Å². The van der Waals surface area contributed by atoms with Crippen LogP contribution in [0.25, 0.3) is 0 Å². The maximum Gasteiger partial charge on any atom is 0.231 e. The van der Waals surface area contributed by atoms with Crippen molar-refractivity contribution in [3.05, 3.63) is 53.6 Å². The molecule has 5 heteroatoms. The molecule has 2 aromatic carbocycles. The topological polar surface area (TPSA) is 59.0 Å². The van der Waals surface area contributed by atoms with Crippen molar-refractivity contribution in [1.82, 2.24) is 0 Å². The number of ether oxygens (including phenoxy) is 2. The first-order valence-corrected chi connectivity index (χ1v) is 8.50. The van der Waals surface area contributed by atoms with Crippen LogP contribution in [0.4, 0.5) is 5.69 Å². The number of anilines is 1. The summed E-state index contributed by atoms with van der Waals surface area (Å²) in [5.41, 5.74) is 2.44. The molecule has 1 unspecified atom stereocenters. The summed E-state index contributed by atoms with van der Waals surface area (Å²) in [6.07, 6.45) is 0.267. The highest BCUT2D eigenvalue weighted by atomic mass is 16.5. The van der Waals surface area contributed by atoms with E-state index in [9.17, 15) is 9.90 Å². The quantitative estimate of drug-likeness (QED) is 0.908. The number of carbonyl (C=O) groups is 1. The Labute approximate surface area is 147 Å². The molecule has 0 bridgehead atoms. The van der Waals surface area contributed by atoms with Crippen molar-refractivity contribution < 1.29 is 19.4 Å². The normalized spacial score (nSPS) is 16.3. The van der Waals surface area contributed by atoms with Gasteiger partial charge in [-0.25, -0.2) is 0 Å². The van der Waals surface area contributed by atoms with E-state index in [0.29, 0.717) is 31.7 Å². The Hall–Kier alpha value is -2.53. The molecule has 0 fully saturated rings. The highest BCUT2D eigenvalue weighted by molar-refractivity contribution is 5.96. The third-order valence-electron chi connectivity index (χ3n) is 4.40. The Balaban J connectivity index is 1.78. The second-order valence-corrected chi connectivity index (χ2v) is 6.03. The molecule has 0 saturated carbocycles. The molecule has 5 nitrogen and oxygen atoms in total. The van der Waals surface area contributed by atoms with Crippen LogP contribution >= 0.6 is 0 Å². The average molecular weight is 341 g/mol. The number of amides is 1. The molecule has 1 atom stereocenters. The number of aliphatic hydroxyl groups is 1. The zero-order valence-corrected chi connectivity index (χ0v) is 14.6. The number of hydrogen-bond donors (Lipinski definition) is 1. The first-order valence-electron chi connectivity index (χ1n) is 8.50. The van der Waals surface area contributed by atoms with Gasteiger partial charge >= 0.3 is 0 Å². The summed E-state index contributed by atoms with van der Waals surface area (Å²) in [6.45, 7) is 3.07. The monoisotopic (exact) mass is 341 g/mol. The minimum absolute atomic E-state index is 0.0162. The van der Waals surface area contributed by atoms with E-state index >= 15 is 0 Å². The molecule has 1 N–H and O–H groups in total. The fourth-order valence-corrected chi connectivity index (χ4v) is 3.10. The molecule has 2 aromatic rings. The van der Waals surface area contributed by atoms with E-state index in [4.69, 9.17) is 9.47 Å². The molecule has 1 aliphatic heterocycles. The van der Waals surface area contributed by atoms with E-state index in [1.165, 1.54) is 0 Å². The minimum Gasteiger partial charge on any atom is -0.497 e. The standard InChI is InChI=1S/C20H23NO4/c1-3-25-15-6-4-14(5-7-15)12-20(23)21-11-10-19(22)17-13-16(24-2)8-9-18(17)21/h4-9,13,19,22H,3,10-12H2,1-2H3. The molecule has 0 spiro atoms. The van der Waals surface area contributed by atoms with Gasteiger partial charge in [0.1, 0.15) is 11.5 Å². The largest absolute Gasteiger partial charge is 0.497 e. The number of carbonyl (C=O) groups excluding carboxylic acids is 1. The first kappa shape index (κ1) is 17.3. The minimum atomic E-state index is -0.570. The molecule has 0 aromatic heterocycles. The Kier molecular flexibility index (Phi) is 5.24. The van der Waals surface area contributed by atoms with Crippen LogP contribution in [0.1, 0.15) is 30.6 Å². The van der Waals surface area contributed by atoms with Crippen molar-refractivity contribution in [1.29, 1.82) is 0 Å². The fourth-order valence-electron chi connectivity index (χ4n) is 3.10. The van der Waals surface area contributed by atoms with Gasteiger partial charge in [0.25, 0.3) is 0 Å². The molecular formula is C20H23NO4. The summed E-state index contributed by atoms with van der Waals surface area (Å²) in [5.74, 6) is 1.50. The maximum absolute atomic E-state index is 12.8. The number of hydrogen-bond acceptors (Lipinski definition) is 4. The Morgan fingerprint density at radius 2 is 1.92 bits per heavy atom. The van der Waals surface area contributed by atoms with Gasteiger partial charge < -0.3 is 19.5 Å². The van der Waals surface area contributed by atoms with Crippen LogP contribution in [0.5, 0.6) is 11.5 Å². The second-order valence-electron chi connectivity index (χ2n) is 6.03. The lowest BCUT2D eigenvalue weighted by molar-refractivity contribution is -0.118. The smallest absolute Gasteiger partial charge is 0.231 e.